The highest BCUT2D eigenvalue weighted by atomic mass is 35.5. The van der Waals surface area contributed by atoms with Crippen LogP contribution in [0.3, 0.4) is 0 Å². The summed E-state index contributed by atoms with van der Waals surface area (Å²) in [6.45, 7) is 4.81. The van der Waals surface area contributed by atoms with Crippen molar-refractivity contribution in [2.24, 2.45) is 16.5 Å². The maximum absolute atomic E-state index is 13.6. The Morgan fingerprint density at radius 3 is 2.49 bits per heavy atom. The number of anilines is 1. The van der Waals surface area contributed by atoms with E-state index < -0.39 is 69.3 Å². The summed E-state index contributed by atoms with van der Waals surface area (Å²) in [5.74, 6) is -6.95. The van der Waals surface area contributed by atoms with Gasteiger partial charge in [0.2, 0.25) is 11.5 Å². The molecule has 0 spiro atoms. The van der Waals surface area contributed by atoms with Gasteiger partial charge in [-0.25, -0.2) is 14.6 Å². The predicted octanol–water partition coefficient (Wildman–Crippen LogP) is 2.11. The fourth-order valence-corrected chi connectivity index (χ4v) is 10.2. The van der Waals surface area contributed by atoms with E-state index in [1.165, 1.54) is 35.9 Å². The quantitative estimate of drug-likeness (QED) is 0.0516. The first-order chi connectivity index (χ1) is 24.9. The van der Waals surface area contributed by atoms with E-state index in [1.807, 2.05) is 0 Å². The third-order valence-corrected chi connectivity index (χ3v) is 13.2. The number of aliphatic carboxylic acids is 2. The van der Waals surface area contributed by atoms with Crippen LogP contribution in [0, 0.1) is 11.3 Å². The maximum atomic E-state index is 13.6. The van der Waals surface area contributed by atoms with Crippen molar-refractivity contribution < 1.29 is 58.5 Å². The van der Waals surface area contributed by atoms with Crippen molar-refractivity contribution in [2.45, 2.75) is 44.1 Å². The standard InChI is InChI=1S/C33H33ClN6O11S2/c1-32(2,30(49)50)51-37-22(17-11-53-31(35)36-17)18(41)8-16-26(45)39-23(29(47)48)14(10-52-28(16)39)9-40-5-3-33(13-40,4-6-40)12-38-25(44)15-7-19(42)24(43)21(34)20(15)27(38)46/h7,11,16,28H,3-6,8-10,12-13H2,1-2H3,(H5-,35,36,37,41,42,43,44,46,47,48,49,50)/p+1/t16-,28-,33?,40?/m1/s1. The number of hydrogen-bond acceptors (Lipinski definition) is 14. The lowest BCUT2D eigenvalue weighted by atomic mass is 9.84. The van der Waals surface area contributed by atoms with Crippen molar-refractivity contribution in [3.05, 3.63) is 44.6 Å². The molecular weight excluding hydrogens is 756 g/mol. The Kier molecular flexibility index (Phi) is 8.78. The summed E-state index contributed by atoms with van der Waals surface area (Å²) in [6, 6.07) is 1.03. The van der Waals surface area contributed by atoms with Gasteiger partial charge in [0, 0.05) is 47.9 Å². The number of rotatable bonds is 12. The number of β-lactam (4-membered cyclic amide) rings is 1. The zero-order valence-corrected chi connectivity index (χ0v) is 30.7. The SMILES string of the molecule is CC(C)(O/N=C(\C(=O)C[C@@H]1C(=O)N2C(C(=O)O)=C(C[N+]34CCC(CN5C(=O)c6cc(O)c(O)c(Cl)c6C5=O)(CC3)C4)CS[C@H]12)c1csc(N)n1)C(=O)O. The number of nitrogens with zero attached hydrogens (tertiary/aromatic N) is 5. The molecule has 6 heterocycles. The number of ketones is 1. The number of quaternary nitrogens is 1. The molecule has 0 aliphatic carbocycles. The summed E-state index contributed by atoms with van der Waals surface area (Å²) in [7, 11) is 0. The molecule has 0 radical (unpaired) electrons. The predicted molar refractivity (Wildman–Crippen MR) is 188 cm³/mol. The Balaban J connectivity index is 1.06. The number of piperidine rings is 1. The summed E-state index contributed by atoms with van der Waals surface area (Å²) in [5, 5.41) is 44.2. The van der Waals surface area contributed by atoms with Gasteiger partial charge in [-0.1, -0.05) is 16.8 Å². The van der Waals surface area contributed by atoms with Gasteiger partial charge in [0.25, 0.3) is 11.8 Å². The number of thiazole rings is 1. The Morgan fingerprint density at radius 2 is 1.87 bits per heavy atom. The molecule has 3 fully saturated rings. The highest BCUT2D eigenvalue weighted by Crippen LogP contribution is 2.51. The fraction of sp³-hybridized carbons (Fsp3) is 0.455. The Labute approximate surface area is 314 Å². The number of thioether (sulfide) groups is 1. The van der Waals surface area contributed by atoms with Gasteiger partial charge in [0.05, 0.1) is 47.1 Å². The maximum Gasteiger partial charge on any atom is 0.352 e. The Hall–Kier alpha value is -4.72. The average molecular weight is 790 g/mol. The van der Waals surface area contributed by atoms with E-state index in [1.54, 1.807) is 0 Å². The second kappa shape index (κ2) is 12.7. The molecule has 0 saturated carbocycles. The van der Waals surface area contributed by atoms with Gasteiger partial charge in [0.15, 0.2) is 28.1 Å². The molecule has 2 aromatic rings. The molecule has 1 aromatic carbocycles. The number of carboxylic acids is 2. The van der Waals surface area contributed by atoms with Gasteiger partial charge in [0.1, 0.15) is 17.9 Å². The van der Waals surface area contributed by atoms with Crippen LogP contribution in [0.5, 0.6) is 11.5 Å². The largest absolute Gasteiger partial charge is 0.504 e. The number of carbonyl (C=O) groups is 6. The minimum Gasteiger partial charge on any atom is -0.504 e. The number of oxime groups is 1. The molecule has 6 N–H and O–H groups in total. The van der Waals surface area contributed by atoms with Crippen LogP contribution in [-0.4, -0.2) is 130 Å². The fourth-order valence-electron chi connectivity index (χ4n) is 7.97. The van der Waals surface area contributed by atoms with Crippen molar-refractivity contribution in [2.75, 3.05) is 44.2 Å². The topological polar surface area (TPSA) is 250 Å². The molecule has 3 saturated heterocycles. The van der Waals surface area contributed by atoms with Crippen LogP contribution in [0.15, 0.2) is 27.9 Å². The highest BCUT2D eigenvalue weighted by Gasteiger charge is 2.60. The minimum absolute atomic E-state index is 0.0543. The number of Topliss-reactive ketones (excluding diaryl/α,β-unsaturated/α-hetero) is 1. The van der Waals surface area contributed by atoms with Crippen molar-refractivity contribution in [3.63, 3.8) is 0 Å². The number of phenolic OH excluding ortho intramolecular Hbond substituents is 2. The molecule has 3 amide bonds. The lowest BCUT2D eigenvalue weighted by Gasteiger charge is -2.50. The van der Waals surface area contributed by atoms with E-state index in [9.17, 15) is 49.2 Å². The molecule has 5 aliphatic heterocycles. The number of aromatic nitrogens is 1. The van der Waals surface area contributed by atoms with Gasteiger partial charge >= 0.3 is 11.9 Å². The van der Waals surface area contributed by atoms with Crippen molar-refractivity contribution in [1.82, 2.24) is 14.8 Å². The molecule has 0 unspecified atom stereocenters. The number of aromatic hydroxyl groups is 2. The smallest absolute Gasteiger partial charge is 0.352 e. The van der Waals surface area contributed by atoms with Gasteiger partial charge in [-0.05, 0) is 19.9 Å². The van der Waals surface area contributed by atoms with Crippen LogP contribution in [-0.2, 0) is 24.0 Å². The monoisotopic (exact) mass is 789 g/mol. The summed E-state index contributed by atoms with van der Waals surface area (Å²) in [6.07, 6.45) is 0.961. The molecular formula is C33H34ClN6O11S2+. The van der Waals surface area contributed by atoms with E-state index in [0.717, 1.165) is 22.3 Å². The number of imide groups is 1. The number of nitrogens with two attached hydrogens (primary N) is 1. The number of hydrogen-bond donors (Lipinski definition) is 5. The van der Waals surface area contributed by atoms with Gasteiger partial charge in [-0.3, -0.25) is 29.0 Å². The van der Waals surface area contributed by atoms with Crippen LogP contribution in [0.1, 0.15) is 59.5 Å². The minimum atomic E-state index is -1.78. The lowest BCUT2D eigenvalue weighted by Crippen LogP contribution is -2.62. The molecule has 280 valence electrons. The van der Waals surface area contributed by atoms with Crippen LogP contribution >= 0.6 is 34.7 Å². The van der Waals surface area contributed by atoms with Crippen LogP contribution in [0.2, 0.25) is 5.02 Å². The summed E-state index contributed by atoms with van der Waals surface area (Å²) < 4.78 is 0.510. The van der Waals surface area contributed by atoms with E-state index in [4.69, 9.17) is 22.2 Å². The zero-order valence-electron chi connectivity index (χ0n) is 28.3. The van der Waals surface area contributed by atoms with E-state index in [-0.39, 0.29) is 57.1 Å². The normalized spacial score (nSPS) is 26.5. The first-order valence-electron chi connectivity index (χ1n) is 16.5. The number of halogens is 1. The van der Waals surface area contributed by atoms with Gasteiger partial charge < -0.3 is 35.5 Å². The third-order valence-electron chi connectivity index (χ3n) is 10.8. The second-order valence-electron chi connectivity index (χ2n) is 14.6. The number of carboxylic acid groups (broad SMARTS) is 2. The molecule has 53 heavy (non-hydrogen) atoms. The summed E-state index contributed by atoms with van der Waals surface area (Å²) in [4.78, 5) is 89.6. The first kappa shape index (κ1) is 36.6. The van der Waals surface area contributed by atoms with Crippen molar-refractivity contribution in [3.8, 4) is 11.5 Å². The number of fused-ring (bicyclic) bond motifs is 4. The van der Waals surface area contributed by atoms with E-state index in [0.29, 0.717) is 49.1 Å². The van der Waals surface area contributed by atoms with E-state index >= 15 is 0 Å². The molecule has 20 heteroatoms. The Bertz CT molecular complexity index is 2090. The van der Waals surface area contributed by atoms with Crippen LogP contribution in [0.4, 0.5) is 5.13 Å². The van der Waals surface area contributed by atoms with Crippen molar-refractivity contribution in [1.29, 1.82) is 0 Å². The molecule has 1 aromatic heterocycles. The average Bonchev–Trinajstić information content (AvgIpc) is 3.85. The number of benzene rings is 1. The van der Waals surface area contributed by atoms with E-state index in [2.05, 4.69) is 10.1 Å². The molecule has 17 nitrogen and oxygen atoms in total. The third kappa shape index (κ3) is 5.98. The first-order valence-corrected chi connectivity index (χ1v) is 18.8. The number of carbonyl (C=O) groups excluding carboxylic acids is 4. The zero-order chi connectivity index (χ0) is 38.4. The molecule has 2 bridgehead atoms. The lowest BCUT2D eigenvalue weighted by molar-refractivity contribution is -0.905. The van der Waals surface area contributed by atoms with Crippen LogP contribution < -0.4 is 5.73 Å². The summed E-state index contributed by atoms with van der Waals surface area (Å²) in [5.41, 5.74) is 3.48. The summed E-state index contributed by atoms with van der Waals surface area (Å²) >= 11 is 8.51. The number of nitrogen functional groups attached to an aromatic ring is 1. The van der Waals surface area contributed by atoms with Gasteiger partial charge in [-0.15, -0.1) is 23.1 Å². The number of amides is 3. The second-order valence-corrected chi connectivity index (χ2v) is 17.0. The van der Waals surface area contributed by atoms with Crippen LogP contribution in [0.25, 0.3) is 0 Å². The molecule has 2 atom stereocenters. The molecule has 7 rings (SSSR count). The Morgan fingerprint density at radius 1 is 1.17 bits per heavy atom. The highest BCUT2D eigenvalue weighted by molar-refractivity contribution is 8.00. The van der Waals surface area contributed by atoms with Crippen molar-refractivity contribution >= 4 is 81.0 Å². The number of phenols is 2. The van der Waals surface area contributed by atoms with Gasteiger partial charge in [-0.2, -0.15) is 0 Å². The molecule has 5 aliphatic rings.